The Balaban J connectivity index is 1.55. The third-order valence-corrected chi connectivity index (χ3v) is 7.55. The van der Waals surface area contributed by atoms with E-state index >= 15 is 0 Å². The summed E-state index contributed by atoms with van der Waals surface area (Å²) in [7, 11) is -3.90. The first kappa shape index (κ1) is 25.9. The number of imide groups is 1. The van der Waals surface area contributed by atoms with Gasteiger partial charge in [-0.2, -0.15) is 22.0 Å². The molecule has 0 aromatic heterocycles. The third kappa shape index (κ3) is 5.51. The summed E-state index contributed by atoms with van der Waals surface area (Å²) in [4.78, 5) is 23.6. The molecular formula is C19H22F5N3O6S. The standard InChI is InChI=1S/C19H22F5N3O6S/c1-2-17(15(28)25-16(29)26-17)11-34(30,31)27-9-7-13(8-10-27)32-12-3-5-14(6-4-12)33-19(23,24)18(20,21)22/h3-6,13H,2,7-11H2,1H3,(H2,25,26,28,29). The zero-order valence-corrected chi connectivity index (χ0v) is 18.6. The molecule has 2 aliphatic heterocycles. The summed E-state index contributed by atoms with van der Waals surface area (Å²) in [5, 5.41) is 4.42. The van der Waals surface area contributed by atoms with Gasteiger partial charge in [0.2, 0.25) is 10.0 Å². The fourth-order valence-corrected chi connectivity index (χ4v) is 5.58. The Morgan fingerprint density at radius 2 is 1.62 bits per heavy atom. The van der Waals surface area contributed by atoms with Crippen LogP contribution >= 0.6 is 0 Å². The first-order chi connectivity index (χ1) is 15.7. The van der Waals surface area contributed by atoms with E-state index in [9.17, 15) is 40.0 Å². The van der Waals surface area contributed by atoms with Crippen molar-refractivity contribution < 1.29 is 49.4 Å². The molecule has 1 aromatic rings. The molecule has 0 spiro atoms. The number of urea groups is 1. The second kappa shape index (κ2) is 9.17. The Morgan fingerprint density at radius 1 is 1.06 bits per heavy atom. The molecule has 9 nitrogen and oxygen atoms in total. The number of hydrogen-bond acceptors (Lipinski definition) is 6. The van der Waals surface area contributed by atoms with E-state index in [1.807, 2.05) is 5.32 Å². The van der Waals surface area contributed by atoms with Gasteiger partial charge < -0.3 is 14.8 Å². The van der Waals surface area contributed by atoms with Crippen molar-refractivity contribution in [1.82, 2.24) is 14.9 Å². The van der Waals surface area contributed by atoms with Gasteiger partial charge in [-0.1, -0.05) is 6.92 Å². The van der Waals surface area contributed by atoms with Crippen LogP contribution in [0.1, 0.15) is 26.2 Å². The van der Waals surface area contributed by atoms with Crippen LogP contribution in [-0.2, 0) is 14.8 Å². The van der Waals surface area contributed by atoms with Gasteiger partial charge in [-0.05, 0) is 43.5 Å². The molecule has 0 saturated carbocycles. The average Bonchev–Trinajstić information content (AvgIpc) is 3.01. The van der Waals surface area contributed by atoms with Gasteiger partial charge in [-0.25, -0.2) is 17.5 Å². The molecule has 0 aliphatic carbocycles. The smallest absolute Gasteiger partial charge is 0.490 e. The second-order valence-corrected chi connectivity index (χ2v) is 9.87. The van der Waals surface area contributed by atoms with Crippen LogP contribution in [0.15, 0.2) is 24.3 Å². The molecular weight excluding hydrogens is 493 g/mol. The van der Waals surface area contributed by atoms with E-state index in [0.717, 1.165) is 24.3 Å². The molecule has 15 heteroatoms. The van der Waals surface area contributed by atoms with Crippen LogP contribution in [0.4, 0.5) is 26.7 Å². The quantitative estimate of drug-likeness (QED) is 0.406. The maximum atomic E-state index is 13.0. The first-order valence-corrected chi connectivity index (χ1v) is 11.8. The number of piperidine rings is 1. The van der Waals surface area contributed by atoms with E-state index in [-0.39, 0.29) is 38.1 Å². The van der Waals surface area contributed by atoms with Crippen LogP contribution in [0.2, 0.25) is 0 Å². The molecule has 2 N–H and O–H groups in total. The van der Waals surface area contributed by atoms with Crippen LogP contribution in [0.5, 0.6) is 11.5 Å². The fourth-order valence-electron chi connectivity index (χ4n) is 3.60. The van der Waals surface area contributed by atoms with Crippen molar-refractivity contribution in [1.29, 1.82) is 0 Å². The Labute approximate surface area is 191 Å². The van der Waals surface area contributed by atoms with Crippen molar-refractivity contribution in [3.63, 3.8) is 0 Å². The van der Waals surface area contributed by atoms with Gasteiger partial charge in [0.15, 0.2) is 0 Å². The third-order valence-electron chi connectivity index (χ3n) is 5.54. The number of carbonyl (C=O) groups excluding carboxylic acids is 2. The molecule has 1 atom stereocenters. The minimum Gasteiger partial charge on any atom is -0.490 e. The lowest BCUT2D eigenvalue weighted by Gasteiger charge is -2.34. The van der Waals surface area contributed by atoms with Gasteiger partial charge in [0.25, 0.3) is 5.91 Å². The van der Waals surface area contributed by atoms with Gasteiger partial charge in [0, 0.05) is 13.1 Å². The van der Waals surface area contributed by atoms with Gasteiger partial charge in [0.05, 0.1) is 5.75 Å². The molecule has 34 heavy (non-hydrogen) atoms. The summed E-state index contributed by atoms with van der Waals surface area (Å²) in [5.41, 5.74) is -1.55. The van der Waals surface area contributed by atoms with Gasteiger partial charge in [-0.3, -0.25) is 10.1 Å². The number of amides is 3. The molecule has 190 valence electrons. The molecule has 2 saturated heterocycles. The molecule has 0 radical (unpaired) electrons. The number of ether oxygens (including phenoxy) is 2. The van der Waals surface area contributed by atoms with Crippen molar-refractivity contribution >= 4 is 22.0 Å². The zero-order chi connectivity index (χ0) is 25.4. The number of nitrogens with zero attached hydrogens (tertiary/aromatic N) is 1. The molecule has 0 bridgehead atoms. The van der Waals surface area contributed by atoms with E-state index in [4.69, 9.17) is 4.74 Å². The molecule has 2 fully saturated rings. The number of sulfonamides is 1. The minimum absolute atomic E-state index is 0.0708. The Morgan fingerprint density at radius 3 is 2.09 bits per heavy atom. The summed E-state index contributed by atoms with van der Waals surface area (Å²) in [6.45, 7) is 1.73. The van der Waals surface area contributed by atoms with E-state index in [1.165, 1.54) is 4.31 Å². The lowest BCUT2D eigenvalue weighted by Crippen LogP contribution is -2.55. The van der Waals surface area contributed by atoms with Crippen molar-refractivity contribution in [3.8, 4) is 11.5 Å². The largest absolute Gasteiger partial charge is 0.499 e. The second-order valence-electron chi connectivity index (χ2n) is 7.90. The predicted molar refractivity (Wildman–Crippen MR) is 107 cm³/mol. The normalized spacial score (nSPS) is 22.9. The van der Waals surface area contributed by atoms with Crippen molar-refractivity contribution in [2.45, 2.75) is 50.1 Å². The highest BCUT2D eigenvalue weighted by molar-refractivity contribution is 7.89. The number of halogens is 5. The molecule has 2 heterocycles. The van der Waals surface area contributed by atoms with E-state index in [0.29, 0.717) is 0 Å². The summed E-state index contributed by atoms with van der Waals surface area (Å²) in [6.07, 6.45) is -11.0. The maximum Gasteiger partial charge on any atom is 0.499 e. The highest BCUT2D eigenvalue weighted by Crippen LogP contribution is 2.37. The van der Waals surface area contributed by atoms with Gasteiger partial charge >= 0.3 is 18.3 Å². The van der Waals surface area contributed by atoms with Gasteiger partial charge in [-0.15, -0.1) is 0 Å². The van der Waals surface area contributed by atoms with Crippen molar-refractivity contribution in [2.24, 2.45) is 0 Å². The highest BCUT2D eigenvalue weighted by Gasteiger charge is 2.61. The number of nitrogens with one attached hydrogen (secondary N) is 2. The number of rotatable bonds is 8. The van der Waals surface area contributed by atoms with E-state index < -0.39 is 57.4 Å². The summed E-state index contributed by atoms with van der Waals surface area (Å²) < 4.78 is 98.9. The SMILES string of the molecule is CCC1(CS(=O)(=O)N2CCC(Oc3ccc(OC(F)(F)C(F)(F)F)cc3)CC2)NC(=O)NC1=O. The monoisotopic (exact) mass is 515 g/mol. The van der Waals surface area contributed by atoms with Crippen LogP contribution in [0, 0.1) is 0 Å². The molecule has 1 unspecified atom stereocenters. The molecule has 3 amide bonds. The Hall–Kier alpha value is -2.68. The topological polar surface area (TPSA) is 114 Å². The lowest BCUT2D eigenvalue weighted by atomic mass is 10.00. The minimum atomic E-state index is -5.86. The molecule has 2 aliphatic rings. The van der Waals surface area contributed by atoms with Gasteiger partial charge in [0.1, 0.15) is 23.1 Å². The number of benzene rings is 1. The van der Waals surface area contributed by atoms with Crippen molar-refractivity contribution in [2.75, 3.05) is 18.8 Å². The first-order valence-electron chi connectivity index (χ1n) is 10.2. The number of hydrogen-bond donors (Lipinski definition) is 2. The van der Waals surface area contributed by atoms with Crippen LogP contribution in [0.3, 0.4) is 0 Å². The Bertz CT molecular complexity index is 1030. The van der Waals surface area contributed by atoms with Crippen LogP contribution in [-0.4, -0.2) is 67.4 Å². The lowest BCUT2D eigenvalue weighted by molar-refractivity contribution is -0.360. The number of carbonyl (C=O) groups is 2. The predicted octanol–water partition coefficient (Wildman–Crippen LogP) is 2.38. The Kier molecular flexibility index (Phi) is 6.99. The zero-order valence-electron chi connectivity index (χ0n) is 17.8. The number of alkyl halides is 5. The fraction of sp³-hybridized carbons (Fsp3) is 0.579. The van der Waals surface area contributed by atoms with E-state index in [1.54, 1.807) is 6.92 Å². The summed E-state index contributed by atoms with van der Waals surface area (Å²) >= 11 is 0. The van der Waals surface area contributed by atoms with E-state index in [2.05, 4.69) is 10.1 Å². The molecule has 3 rings (SSSR count). The molecule has 1 aromatic carbocycles. The summed E-state index contributed by atoms with van der Waals surface area (Å²) in [6, 6.07) is 3.38. The average molecular weight is 515 g/mol. The summed E-state index contributed by atoms with van der Waals surface area (Å²) in [5.74, 6) is -1.83. The van der Waals surface area contributed by atoms with Crippen molar-refractivity contribution in [3.05, 3.63) is 24.3 Å². The highest BCUT2D eigenvalue weighted by atomic mass is 32.2. The van der Waals surface area contributed by atoms with Crippen LogP contribution in [0.25, 0.3) is 0 Å². The maximum absolute atomic E-state index is 13.0. The van der Waals surface area contributed by atoms with Crippen LogP contribution < -0.4 is 20.1 Å².